The number of anilines is 1. The molecular formula is C33H35NO3. The Morgan fingerprint density at radius 2 is 1.05 bits per heavy atom. The van der Waals surface area contributed by atoms with Gasteiger partial charge in [-0.1, -0.05) is 77.9 Å². The molecule has 3 aromatic rings. The number of methoxy groups -OCH3 is 1. The molecule has 4 aliphatic rings. The minimum atomic E-state index is -0.393. The van der Waals surface area contributed by atoms with Crippen molar-refractivity contribution in [3.8, 4) is 5.75 Å². The second-order valence-electron chi connectivity index (χ2n) is 12.9. The zero-order valence-electron chi connectivity index (χ0n) is 22.8. The third-order valence-electron chi connectivity index (χ3n) is 8.69. The number of carbonyl (C=O) groups excluding carboxylic acids is 2. The summed E-state index contributed by atoms with van der Waals surface area (Å²) in [5.74, 6) is -0.526. The largest absolute Gasteiger partial charge is 0.497 e. The van der Waals surface area contributed by atoms with Crippen LogP contribution in [-0.4, -0.2) is 18.9 Å². The van der Waals surface area contributed by atoms with Gasteiger partial charge in [0, 0.05) is 11.8 Å². The van der Waals surface area contributed by atoms with E-state index in [9.17, 15) is 9.59 Å². The van der Waals surface area contributed by atoms with Gasteiger partial charge in [-0.2, -0.15) is 0 Å². The smallest absolute Gasteiger partial charge is 0.238 e. The van der Waals surface area contributed by atoms with Gasteiger partial charge >= 0.3 is 0 Å². The fourth-order valence-electron chi connectivity index (χ4n) is 6.70. The minimum absolute atomic E-state index is 0.00528. The first-order valence-electron chi connectivity index (χ1n) is 13.2. The van der Waals surface area contributed by atoms with E-state index in [1.54, 1.807) is 19.2 Å². The molecule has 3 aromatic carbocycles. The van der Waals surface area contributed by atoms with Crippen molar-refractivity contribution in [2.45, 2.75) is 64.2 Å². The van der Waals surface area contributed by atoms with E-state index >= 15 is 0 Å². The number of hydrogen-bond donors (Lipinski definition) is 0. The SMILES string of the molecule is COc1ccc(N2C(=O)[C@H]3[C@@H]4c5ccc(C(C)(C)C)cc5[C@H](c5ccc(C(C)(C)C)cc54)[C@@H]3C2=O)cc1. The molecule has 0 unspecified atom stereocenters. The van der Waals surface area contributed by atoms with Crippen molar-refractivity contribution in [2.75, 3.05) is 12.0 Å². The first-order valence-corrected chi connectivity index (χ1v) is 13.2. The number of benzene rings is 3. The van der Waals surface area contributed by atoms with Crippen LogP contribution in [0, 0.1) is 11.8 Å². The second-order valence-corrected chi connectivity index (χ2v) is 12.9. The average Bonchev–Trinajstić information content (AvgIpc) is 3.12. The van der Waals surface area contributed by atoms with Crippen LogP contribution in [0.15, 0.2) is 60.7 Å². The molecule has 0 N–H and O–H groups in total. The molecule has 0 spiro atoms. The topological polar surface area (TPSA) is 46.6 Å². The maximum atomic E-state index is 14.1. The molecule has 4 heteroatoms. The zero-order chi connectivity index (χ0) is 26.4. The van der Waals surface area contributed by atoms with Crippen molar-refractivity contribution in [3.63, 3.8) is 0 Å². The van der Waals surface area contributed by atoms with Crippen LogP contribution in [0.4, 0.5) is 5.69 Å². The van der Waals surface area contributed by atoms with E-state index in [0.717, 1.165) is 0 Å². The van der Waals surface area contributed by atoms with Crippen molar-refractivity contribution in [2.24, 2.45) is 11.8 Å². The Kier molecular flexibility index (Phi) is 5.05. The summed E-state index contributed by atoms with van der Waals surface area (Å²) in [4.78, 5) is 29.6. The van der Waals surface area contributed by atoms with Crippen LogP contribution >= 0.6 is 0 Å². The predicted molar refractivity (Wildman–Crippen MR) is 146 cm³/mol. The van der Waals surface area contributed by atoms with Crippen molar-refractivity contribution < 1.29 is 14.3 Å². The van der Waals surface area contributed by atoms with Crippen LogP contribution in [-0.2, 0) is 20.4 Å². The normalized spacial score (nSPS) is 24.1. The quantitative estimate of drug-likeness (QED) is 0.374. The summed E-state index contributed by atoms with van der Waals surface area (Å²) in [7, 11) is 1.61. The molecule has 4 nitrogen and oxygen atoms in total. The van der Waals surface area contributed by atoms with Crippen LogP contribution < -0.4 is 9.64 Å². The number of rotatable bonds is 2. The van der Waals surface area contributed by atoms with Crippen molar-refractivity contribution in [1.82, 2.24) is 0 Å². The highest BCUT2D eigenvalue weighted by Gasteiger charge is 2.62. The summed E-state index contributed by atoms with van der Waals surface area (Å²) in [6.45, 7) is 13.3. The van der Waals surface area contributed by atoms with Gasteiger partial charge in [0.25, 0.3) is 0 Å². The van der Waals surface area contributed by atoms with Gasteiger partial charge in [0.1, 0.15) is 5.75 Å². The molecule has 0 saturated carbocycles. The Labute approximate surface area is 219 Å². The molecule has 2 amide bonds. The Balaban J connectivity index is 1.55. The standard InChI is InChI=1S/C33H35NO3/c1-32(2,3)18-8-14-22-24(16-18)26-23-15-9-19(33(4,5)6)17-25(23)27(22)29-28(26)30(35)34(31(29)36)20-10-12-21(37-7)13-11-20/h8-17,26-29H,1-7H3/t26-,27+,28-,29-/m0/s1. The lowest BCUT2D eigenvalue weighted by molar-refractivity contribution is -0.122. The van der Waals surface area contributed by atoms with Gasteiger partial charge in [-0.05, 0) is 68.5 Å². The molecule has 190 valence electrons. The number of nitrogens with zero attached hydrogens (tertiary/aromatic N) is 1. The molecule has 1 fully saturated rings. The first-order chi connectivity index (χ1) is 17.4. The van der Waals surface area contributed by atoms with Crippen LogP contribution in [0.3, 0.4) is 0 Å². The van der Waals surface area contributed by atoms with Gasteiger partial charge in [0.15, 0.2) is 0 Å². The molecule has 0 aromatic heterocycles. The molecule has 37 heavy (non-hydrogen) atoms. The first kappa shape index (κ1) is 24.0. The lowest BCUT2D eigenvalue weighted by atomic mass is 9.54. The monoisotopic (exact) mass is 493 g/mol. The molecule has 0 radical (unpaired) electrons. The summed E-state index contributed by atoms with van der Waals surface area (Å²) < 4.78 is 5.30. The Bertz CT molecular complexity index is 1350. The Morgan fingerprint density at radius 3 is 1.43 bits per heavy atom. The van der Waals surface area contributed by atoms with Crippen LogP contribution in [0.1, 0.15) is 86.8 Å². The minimum Gasteiger partial charge on any atom is -0.497 e. The molecule has 1 heterocycles. The Morgan fingerprint density at radius 1 is 0.622 bits per heavy atom. The number of imide groups is 1. The van der Waals surface area contributed by atoms with Gasteiger partial charge in [-0.3, -0.25) is 9.59 Å². The van der Waals surface area contributed by atoms with E-state index in [4.69, 9.17) is 4.74 Å². The highest BCUT2D eigenvalue weighted by Crippen LogP contribution is 2.62. The molecular weight excluding hydrogens is 458 g/mol. The average molecular weight is 494 g/mol. The van der Waals surface area contributed by atoms with Crippen LogP contribution in [0.5, 0.6) is 5.75 Å². The van der Waals surface area contributed by atoms with Gasteiger partial charge in [0.2, 0.25) is 11.8 Å². The van der Waals surface area contributed by atoms with E-state index in [2.05, 4.69) is 77.9 Å². The highest BCUT2D eigenvalue weighted by molar-refractivity contribution is 6.23. The summed E-state index contributed by atoms with van der Waals surface area (Å²) in [6.07, 6.45) is 0. The van der Waals surface area contributed by atoms with Gasteiger partial charge in [-0.15, -0.1) is 0 Å². The molecule has 1 aliphatic heterocycles. The van der Waals surface area contributed by atoms with Gasteiger partial charge in [-0.25, -0.2) is 4.90 Å². The van der Waals surface area contributed by atoms with E-state index in [1.165, 1.54) is 38.3 Å². The Hall–Kier alpha value is -3.40. The van der Waals surface area contributed by atoms with E-state index in [1.807, 2.05) is 12.1 Å². The van der Waals surface area contributed by atoms with Crippen molar-refractivity contribution >= 4 is 17.5 Å². The van der Waals surface area contributed by atoms with E-state index in [-0.39, 0.29) is 34.5 Å². The summed E-state index contributed by atoms with van der Waals surface area (Å²) in [5, 5.41) is 0. The van der Waals surface area contributed by atoms with Gasteiger partial charge < -0.3 is 4.74 Å². The number of hydrogen-bond acceptors (Lipinski definition) is 3. The third kappa shape index (κ3) is 3.41. The molecule has 1 saturated heterocycles. The fourth-order valence-corrected chi connectivity index (χ4v) is 6.70. The van der Waals surface area contributed by atoms with Crippen molar-refractivity contribution in [3.05, 3.63) is 94.0 Å². The highest BCUT2D eigenvalue weighted by atomic mass is 16.5. The summed E-state index contributed by atoms with van der Waals surface area (Å²) >= 11 is 0. The number of ether oxygens (including phenoxy) is 1. The molecule has 7 rings (SSSR count). The lowest BCUT2D eigenvalue weighted by Gasteiger charge is -2.47. The van der Waals surface area contributed by atoms with E-state index < -0.39 is 11.8 Å². The maximum Gasteiger partial charge on any atom is 0.238 e. The number of amides is 2. The zero-order valence-corrected chi connectivity index (χ0v) is 22.8. The number of carbonyl (C=O) groups is 2. The predicted octanol–water partition coefficient (Wildman–Crippen LogP) is 6.69. The second kappa shape index (κ2) is 7.80. The van der Waals surface area contributed by atoms with Crippen molar-refractivity contribution in [1.29, 1.82) is 0 Å². The summed E-state index contributed by atoms with van der Waals surface area (Å²) in [6, 6.07) is 20.7. The maximum absolute atomic E-state index is 14.1. The van der Waals surface area contributed by atoms with Crippen LogP contribution in [0.2, 0.25) is 0 Å². The molecule has 2 bridgehead atoms. The fraction of sp³-hybridized carbons (Fsp3) is 0.394. The van der Waals surface area contributed by atoms with Gasteiger partial charge in [0.05, 0.1) is 24.6 Å². The molecule has 4 atom stereocenters. The summed E-state index contributed by atoms with van der Waals surface area (Å²) in [5.41, 5.74) is 7.96. The molecule has 3 aliphatic carbocycles. The third-order valence-corrected chi connectivity index (χ3v) is 8.69. The lowest BCUT2D eigenvalue weighted by Crippen LogP contribution is -2.42. The van der Waals surface area contributed by atoms with E-state index in [0.29, 0.717) is 11.4 Å². The van der Waals surface area contributed by atoms with Crippen LogP contribution in [0.25, 0.3) is 0 Å².